The van der Waals surface area contributed by atoms with Crippen molar-refractivity contribution in [1.29, 1.82) is 0 Å². The van der Waals surface area contributed by atoms with E-state index in [9.17, 15) is 22.8 Å². The second kappa shape index (κ2) is 7.66. The number of alkyl halides is 3. The zero-order valence-corrected chi connectivity index (χ0v) is 15.8. The van der Waals surface area contributed by atoms with Crippen molar-refractivity contribution in [2.75, 3.05) is 43.0 Å². The van der Waals surface area contributed by atoms with Crippen LogP contribution in [-0.4, -0.2) is 61.9 Å². The number of benzene rings is 1. The highest BCUT2D eigenvalue weighted by Gasteiger charge is 2.41. The number of hydrogen-bond acceptors (Lipinski definition) is 4. The van der Waals surface area contributed by atoms with Crippen LogP contribution in [0.1, 0.15) is 20.8 Å². The Morgan fingerprint density at radius 3 is 1.96 bits per heavy atom. The second-order valence-corrected chi connectivity index (χ2v) is 7.33. The maximum atomic E-state index is 12.5. The summed E-state index contributed by atoms with van der Waals surface area (Å²) in [5.41, 5.74) is 0.424. The summed E-state index contributed by atoms with van der Waals surface area (Å²) in [6.45, 7) is 7.56. The standard InChI is InChI=1S/C18H24F3N3O3/c1-17(2,3)27-16(26)24-11-9-23(10-12-24)14-7-5-13(6-8-14)22(4)15(25)18(19,20)21/h5-8H,9-12H2,1-4H3. The van der Waals surface area contributed by atoms with Gasteiger partial charge < -0.3 is 19.4 Å². The third-order valence-corrected chi connectivity index (χ3v) is 4.08. The molecule has 0 radical (unpaired) electrons. The monoisotopic (exact) mass is 387 g/mol. The molecule has 0 spiro atoms. The molecule has 27 heavy (non-hydrogen) atoms. The molecule has 6 nitrogen and oxygen atoms in total. The van der Waals surface area contributed by atoms with Gasteiger partial charge in [-0.2, -0.15) is 13.2 Å². The number of halogens is 3. The summed E-state index contributed by atoms with van der Waals surface area (Å²) in [5, 5.41) is 0. The van der Waals surface area contributed by atoms with Gasteiger partial charge in [0.15, 0.2) is 0 Å². The fraction of sp³-hybridized carbons (Fsp3) is 0.556. The number of carbonyl (C=O) groups is 2. The molecule has 1 aliphatic heterocycles. The third-order valence-electron chi connectivity index (χ3n) is 4.08. The molecule has 1 fully saturated rings. The van der Waals surface area contributed by atoms with E-state index in [0.29, 0.717) is 31.1 Å². The maximum absolute atomic E-state index is 12.5. The van der Waals surface area contributed by atoms with Gasteiger partial charge in [0, 0.05) is 44.6 Å². The lowest BCUT2D eigenvalue weighted by Gasteiger charge is -2.36. The van der Waals surface area contributed by atoms with Crippen LogP contribution >= 0.6 is 0 Å². The van der Waals surface area contributed by atoms with Crippen molar-refractivity contribution in [3.63, 3.8) is 0 Å². The van der Waals surface area contributed by atoms with Crippen LogP contribution in [0.3, 0.4) is 0 Å². The first-order valence-corrected chi connectivity index (χ1v) is 8.56. The molecule has 1 saturated heterocycles. The van der Waals surface area contributed by atoms with Crippen LogP contribution in [-0.2, 0) is 9.53 Å². The number of rotatable bonds is 2. The molecule has 1 aliphatic rings. The average molecular weight is 387 g/mol. The molecule has 0 atom stereocenters. The molecule has 2 amide bonds. The Balaban J connectivity index is 1.95. The summed E-state index contributed by atoms with van der Waals surface area (Å²) < 4.78 is 42.9. The van der Waals surface area contributed by atoms with Gasteiger partial charge in [-0.1, -0.05) is 0 Å². The zero-order valence-electron chi connectivity index (χ0n) is 15.8. The van der Waals surface area contributed by atoms with Crippen molar-refractivity contribution in [2.24, 2.45) is 0 Å². The minimum atomic E-state index is -4.91. The van der Waals surface area contributed by atoms with Gasteiger partial charge in [0.25, 0.3) is 0 Å². The van der Waals surface area contributed by atoms with Gasteiger partial charge >= 0.3 is 18.2 Å². The van der Waals surface area contributed by atoms with E-state index in [0.717, 1.165) is 12.7 Å². The fourth-order valence-corrected chi connectivity index (χ4v) is 2.67. The molecule has 0 aliphatic carbocycles. The van der Waals surface area contributed by atoms with E-state index in [1.165, 1.54) is 12.1 Å². The summed E-state index contributed by atoms with van der Waals surface area (Å²) in [5.74, 6) is -1.92. The van der Waals surface area contributed by atoms with Gasteiger partial charge in [0.2, 0.25) is 0 Å². The number of hydrogen-bond donors (Lipinski definition) is 0. The number of anilines is 2. The molecule has 1 aromatic rings. The van der Waals surface area contributed by atoms with Crippen LogP contribution in [0.15, 0.2) is 24.3 Å². The van der Waals surface area contributed by atoms with E-state index in [2.05, 4.69) is 0 Å². The predicted molar refractivity (Wildman–Crippen MR) is 95.9 cm³/mol. The van der Waals surface area contributed by atoms with E-state index in [4.69, 9.17) is 4.74 Å². The minimum Gasteiger partial charge on any atom is -0.444 e. The molecule has 2 rings (SSSR count). The van der Waals surface area contributed by atoms with Gasteiger partial charge in [-0.3, -0.25) is 4.79 Å². The SMILES string of the molecule is CN(C(=O)C(F)(F)F)c1ccc(N2CCN(C(=O)OC(C)(C)C)CC2)cc1. The molecule has 0 bridgehead atoms. The van der Waals surface area contributed by atoms with Crippen LogP contribution < -0.4 is 9.80 Å². The van der Waals surface area contributed by atoms with Crippen LogP contribution in [0.25, 0.3) is 0 Å². The van der Waals surface area contributed by atoms with E-state index in [-0.39, 0.29) is 11.8 Å². The summed E-state index contributed by atoms with van der Waals surface area (Å²) in [6, 6.07) is 6.27. The van der Waals surface area contributed by atoms with E-state index >= 15 is 0 Å². The lowest BCUT2D eigenvalue weighted by atomic mass is 10.2. The van der Waals surface area contributed by atoms with Gasteiger partial charge in [-0.25, -0.2) is 4.79 Å². The summed E-state index contributed by atoms with van der Waals surface area (Å²) in [4.78, 5) is 27.6. The van der Waals surface area contributed by atoms with Gasteiger partial charge in [0.05, 0.1) is 0 Å². The summed E-state index contributed by atoms with van der Waals surface area (Å²) >= 11 is 0. The van der Waals surface area contributed by atoms with Gasteiger partial charge in [-0.15, -0.1) is 0 Å². The Morgan fingerprint density at radius 1 is 1.00 bits per heavy atom. The molecule has 0 saturated carbocycles. The lowest BCUT2D eigenvalue weighted by molar-refractivity contribution is -0.170. The number of ether oxygens (including phenoxy) is 1. The maximum Gasteiger partial charge on any atom is 0.471 e. The van der Waals surface area contributed by atoms with E-state index in [1.807, 2.05) is 25.7 Å². The molecule has 0 N–H and O–H groups in total. The normalized spacial score (nSPS) is 15.5. The highest BCUT2D eigenvalue weighted by atomic mass is 19.4. The molecule has 1 heterocycles. The largest absolute Gasteiger partial charge is 0.471 e. The molecule has 1 aromatic carbocycles. The quantitative estimate of drug-likeness (QED) is 0.782. The van der Waals surface area contributed by atoms with Gasteiger partial charge in [-0.05, 0) is 45.0 Å². The smallest absolute Gasteiger partial charge is 0.444 e. The zero-order chi connectivity index (χ0) is 20.4. The summed E-state index contributed by atoms with van der Waals surface area (Å²) in [7, 11) is 1.09. The summed E-state index contributed by atoms with van der Waals surface area (Å²) in [6.07, 6.45) is -5.27. The van der Waals surface area contributed by atoms with Crippen molar-refractivity contribution in [3.8, 4) is 0 Å². The fourth-order valence-electron chi connectivity index (χ4n) is 2.67. The Morgan fingerprint density at radius 2 is 1.52 bits per heavy atom. The second-order valence-electron chi connectivity index (χ2n) is 7.33. The van der Waals surface area contributed by atoms with Crippen molar-refractivity contribution in [2.45, 2.75) is 32.5 Å². The lowest BCUT2D eigenvalue weighted by Crippen LogP contribution is -2.50. The average Bonchev–Trinajstić information content (AvgIpc) is 2.58. The van der Waals surface area contributed by atoms with Crippen molar-refractivity contribution < 1.29 is 27.5 Å². The molecule has 0 unspecified atom stereocenters. The van der Waals surface area contributed by atoms with E-state index < -0.39 is 17.7 Å². The van der Waals surface area contributed by atoms with Crippen LogP contribution in [0.2, 0.25) is 0 Å². The number of carbonyl (C=O) groups excluding carboxylic acids is 2. The Bertz CT molecular complexity index is 676. The Hall–Kier alpha value is -2.45. The van der Waals surface area contributed by atoms with Crippen molar-refractivity contribution >= 4 is 23.4 Å². The third kappa shape index (κ3) is 5.51. The van der Waals surface area contributed by atoms with Crippen molar-refractivity contribution in [3.05, 3.63) is 24.3 Å². The van der Waals surface area contributed by atoms with Crippen LogP contribution in [0, 0.1) is 0 Å². The highest BCUT2D eigenvalue weighted by Crippen LogP contribution is 2.25. The first-order chi connectivity index (χ1) is 12.4. The Labute approximate surface area is 156 Å². The Kier molecular flexibility index (Phi) is 5.91. The van der Waals surface area contributed by atoms with Crippen LogP contribution in [0.5, 0.6) is 0 Å². The van der Waals surface area contributed by atoms with Gasteiger partial charge in [0.1, 0.15) is 5.60 Å². The molecule has 0 aromatic heterocycles. The number of nitrogens with zero attached hydrogens (tertiary/aromatic N) is 3. The topological polar surface area (TPSA) is 53.1 Å². The molecule has 150 valence electrons. The van der Waals surface area contributed by atoms with E-state index in [1.54, 1.807) is 17.0 Å². The number of amides is 2. The minimum absolute atomic E-state index is 0.161. The molecule has 9 heteroatoms. The number of piperazine rings is 1. The highest BCUT2D eigenvalue weighted by molar-refractivity contribution is 5.96. The van der Waals surface area contributed by atoms with Crippen molar-refractivity contribution in [1.82, 2.24) is 4.90 Å². The first-order valence-electron chi connectivity index (χ1n) is 8.56. The molecular weight excluding hydrogens is 363 g/mol. The predicted octanol–water partition coefficient (Wildman–Crippen LogP) is 3.27. The molecular formula is C18H24F3N3O3. The van der Waals surface area contributed by atoms with Crippen LogP contribution in [0.4, 0.5) is 29.3 Å². The first kappa shape index (κ1) is 20.9.